The lowest BCUT2D eigenvalue weighted by Gasteiger charge is -2.17. The Morgan fingerprint density at radius 2 is 1.67 bits per heavy atom. The third-order valence-electron chi connectivity index (χ3n) is 4.69. The SMILES string of the molecule is CN(CC(=O)Nc1ccc(NC(=O)NCC2CCCO2)cc1)C(=O)c1ccccc1. The molecule has 1 unspecified atom stereocenters. The summed E-state index contributed by atoms with van der Waals surface area (Å²) in [5, 5.41) is 8.27. The van der Waals surface area contributed by atoms with E-state index >= 15 is 0 Å². The molecule has 3 N–H and O–H groups in total. The number of likely N-dealkylation sites (N-methyl/N-ethyl adjacent to an activating group) is 1. The average Bonchev–Trinajstić information content (AvgIpc) is 3.27. The van der Waals surface area contributed by atoms with Crippen LogP contribution in [-0.2, 0) is 9.53 Å². The summed E-state index contributed by atoms with van der Waals surface area (Å²) in [4.78, 5) is 37.9. The van der Waals surface area contributed by atoms with Gasteiger partial charge in [-0.05, 0) is 49.2 Å². The molecule has 2 aromatic carbocycles. The van der Waals surface area contributed by atoms with Gasteiger partial charge in [0.1, 0.15) is 0 Å². The van der Waals surface area contributed by atoms with Gasteiger partial charge in [-0.15, -0.1) is 0 Å². The van der Waals surface area contributed by atoms with Gasteiger partial charge in [0, 0.05) is 37.1 Å². The van der Waals surface area contributed by atoms with Crippen molar-refractivity contribution in [2.45, 2.75) is 18.9 Å². The molecule has 0 bridgehead atoms. The average molecular weight is 410 g/mol. The molecule has 2 aromatic rings. The number of carbonyl (C=O) groups excluding carboxylic acids is 3. The van der Waals surface area contributed by atoms with Crippen LogP contribution in [0.5, 0.6) is 0 Å². The molecule has 1 atom stereocenters. The highest BCUT2D eigenvalue weighted by atomic mass is 16.5. The lowest BCUT2D eigenvalue weighted by molar-refractivity contribution is -0.116. The van der Waals surface area contributed by atoms with Crippen LogP contribution >= 0.6 is 0 Å². The van der Waals surface area contributed by atoms with Crippen LogP contribution in [0.3, 0.4) is 0 Å². The summed E-state index contributed by atoms with van der Waals surface area (Å²) >= 11 is 0. The van der Waals surface area contributed by atoms with Gasteiger partial charge >= 0.3 is 6.03 Å². The number of urea groups is 1. The Morgan fingerprint density at radius 1 is 1.00 bits per heavy atom. The molecular formula is C22H26N4O4. The molecule has 0 spiro atoms. The van der Waals surface area contributed by atoms with Crippen LogP contribution in [0.4, 0.5) is 16.2 Å². The first-order valence-corrected chi connectivity index (χ1v) is 9.88. The molecule has 30 heavy (non-hydrogen) atoms. The molecule has 0 radical (unpaired) electrons. The van der Waals surface area contributed by atoms with E-state index < -0.39 is 0 Å². The maximum Gasteiger partial charge on any atom is 0.319 e. The van der Waals surface area contributed by atoms with E-state index in [2.05, 4.69) is 16.0 Å². The molecule has 0 aromatic heterocycles. The summed E-state index contributed by atoms with van der Waals surface area (Å²) in [6, 6.07) is 15.3. The number of anilines is 2. The fourth-order valence-corrected chi connectivity index (χ4v) is 3.11. The molecule has 1 fully saturated rings. The van der Waals surface area contributed by atoms with Crippen molar-refractivity contribution in [2.24, 2.45) is 0 Å². The first kappa shape index (κ1) is 21.3. The second-order valence-corrected chi connectivity index (χ2v) is 7.12. The van der Waals surface area contributed by atoms with Crippen molar-refractivity contribution < 1.29 is 19.1 Å². The number of rotatable bonds is 7. The number of ether oxygens (including phenoxy) is 1. The fraction of sp³-hybridized carbons (Fsp3) is 0.318. The van der Waals surface area contributed by atoms with Crippen LogP contribution in [0.2, 0.25) is 0 Å². The van der Waals surface area contributed by atoms with Gasteiger partial charge in [0.05, 0.1) is 12.6 Å². The third-order valence-corrected chi connectivity index (χ3v) is 4.69. The number of nitrogens with zero attached hydrogens (tertiary/aromatic N) is 1. The van der Waals surface area contributed by atoms with Crippen molar-refractivity contribution in [3.8, 4) is 0 Å². The number of benzene rings is 2. The quantitative estimate of drug-likeness (QED) is 0.653. The second kappa shape index (κ2) is 10.4. The molecule has 1 aliphatic rings. The Kier molecular flexibility index (Phi) is 7.40. The topological polar surface area (TPSA) is 99.8 Å². The highest BCUT2D eigenvalue weighted by Gasteiger charge is 2.16. The van der Waals surface area contributed by atoms with E-state index in [9.17, 15) is 14.4 Å². The fourth-order valence-electron chi connectivity index (χ4n) is 3.11. The minimum absolute atomic E-state index is 0.0701. The number of amides is 4. The van der Waals surface area contributed by atoms with Crippen LogP contribution in [-0.4, -0.2) is 55.6 Å². The lowest BCUT2D eigenvalue weighted by Crippen LogP contribution is -2.35. The summed E-state index contributed by atoms with van der Waals surface area (Å²) in [5.74, 6) is -0.531. The van der Waals surface area contributed by atoms with Gasteiger partial charge < -0.3 is 25.6 Å². The monoisotopic (exact) mass is 410 g/mol. The van der Waals surface area contributed by atoms with Crippen molar-refractivity contribution in [2.75, 3.05) is 37.4 Å². The second-order valence-electron chi connectivity index (χ2n) is 7.12. The first-order chi connectivity index (χ1) is 14.5. The highest BCUT2D eigenvalue weighted by Crippen LogP contribution is 2.14. The van der Waals surface area contributed by atoms with E-state index in [0.29, 0.717) is 23.5 Å². The van der Waals surface area contributed by atoms with E-state index in [0.717, 1.165) is 19.4 Å². The van der Waals surface area contributed by atoms with Crippen molar-refractivity contribution >= 4 is 29.2 Å². The Balaban J connectivity index is 1.43. The van der Waals surface area contributed by atoms with E-state index in [-0.39, 0.29) is 30.5 Å². The maximum atomic E-state index is 12.3. The number of carbonyl (C=O) groups is 3. The normalized spacial score (nSPS) is 15.3. The Labute approximate surface area is 175 Å². The minimum atomic E-state index is -0.309. The Hall–Kier alpha value is -3.39. The van der Waals surface area contributed by atoms with Gasteiger partial charge in [-0.3, -0.25) is 9.59 Å². The van der Waals surface area contributed by atoms with Crippen molar-refractivity contribution in [3.63, 3.8) is 0 Å². The molecule has 0 saturated carbocycles. The smallest absolute Gasteiger partial charge is 0.319 e. The van der Waals surface area contributed by atoms with Crippen molar-refractivity contribution in [1.29, 1.82) is 0 Å². The van der Waals surface area contributed by atoms with E-state index in [1.165, 1.54) is 4.90 Å². The van der Waals surface area contributed by atoms with Crippen molar-refractivity contribution in [3.05, 3.63) is 60.2 Å². The largest absolute Gasteiger partial charge is 0.376 e. The van der Waals surface area contributed by atoms with E-state index in [1.54, 1.807) is 55.6 Å². The molecule has 8 heteroatoms. The molecule has 1 heterocycles. The van der Waals surface area contributed by atoms with Gasteiger partial charge in [-0.2, -0.15) is 0 Å². The number of hydrogen-bond donors (Lipinski definition) is 3. The predicted molar refractivity (Wildman–Crippen MR) is 114 cm³/mol. The molecular weight excluding hydrogens is 384 g/mol. The zero-order valence-electron chi connectivity index (χ0n) is 16.9. The number of hydrogen-bond acceptors (Lipinski definition) is 4. The summed E-state index contributed by atoms with van der Waals surface area (Å²) in [6.07, 6.45) is 2.07. The van der Waals surface area contributed by atoms with Gasteiger partial charge in [0.2, 0.25) is 5.91 Å². The number of nitrogens with one attached hydrogen (secondary N) is 3. The van der Waals surface area contributed by atoms with Crippen LogP contribution < -0.4 is 16.0 Å². The van der Waals surface area contributed by atoms with Gasteiger partial charge in [-0.25, -0.2) is 4.79 Å². The lowest BCUT2D eigenvalue weighted by atomic mass is 10.2. The summed E-state index contributed by atoms with van der Waals surface area (Å²) < 4.78 is 5.47. The molecule has 158 valence electrons. The zero-order chi connectivity index (χ0) is 21.3. The van der Waals surface area contributed by atoms with E-state index in [4.69, 9.17) is 4.74 Å². The summed E-state index contributed by atoms with van der Waals surface area (Å²) in [5.41, 5.74) is 1.71. The van der Waals surface area contributed by atoms with Crippen molar-refractivity contribution in [1.82, 2.24) is 10.2 Å². The summed E-state index contributed by atoms with van der Waals surface area (Å²) in [6.45, 7) is 1.16. The highest BCUT2D eigenvalue weighted by molar-refractivity contribution is 5.99. The van der Waals surface area contributed by atoms with Crippen LogP contribution in [0.25, 0.3) is 0 Å². The van der Waals surface area contributed by atoms with Crippen LogP contribution in [0.1, 0.15) is 23.2 Å². The molecule has 3 rings (SSSR count). The zero-order valence-corrected chi connectivity index (χ0v) is 16.9. The van der Waals surface area contributed by atoms with Crippen LogP contribution in [0, 0.1) is 0 Å². The molecule has 1 aliphatic heterocycles. The third kappa shape index (κ3) is 6.31. The van der Waals surface area contributed by atoms with Gasteiger partial charge in [0.25, 0.3) is 5.91 Å². The van der Waals surface area contributed by atoms with Gasteiger partial charge in [0.15, 0.2) is 0 Å². The maximum absolute atomic E-state index is 12.3. The molecule has 0 aliphatic carbocycles. The first-order valence-electron chi connectivity index (χ1n) is 9.88. The van der Waals surface area contributed by atoms with E-state index in [1.807, 2.05) is 6.07 Å². The Bertz CT molecular complexity index is 864. The van der Waals surface area contributed by atoms with Gasteiger partial charge in [-0.1, -0.05) is 18.2 Å². The molecule has 1 saturated heterocycles. The Morgan fingerprint density at radius 3 is 2.30 bits per heavy atom. The predicted octanol–water partition coefficient (Wildman–Crippen LogP) is 2.70. The molecule has 4 amide bonds. The standard InChI is InChI=1S/C22H26N4O4/c1-26(21(28)16-6-3-2-4-7-16)15-20(27)24-17-9-11-18(12-10-17)25-22(29)23-14-19-8-5-13-30-19/h2-4,6-7,9-12,19H,5,8,13-15H2,1H3,(H,24,27)(H2,23,25,29). The van der Waals surface area contributed by atoms with Crippen LogP contribution in [0.15, 0.2) is 54.6 Å². The minimum Gasteiger partial charge on any atom is -0.376 e. The summed E-state index contributed by atoms with van der Waals surface area (Å²) in [7, 11) is 1.58. The molecule has 8 nitrogen and oxygen atoms in total.